The molecule has 42 heavy (non-hydrogen) atoms. The van der Waals surface area contributed by atoms with E-state index in [4.69, 9.17) is 21.6 Å². The fourth-order valence-corrected chi connectivity index (χ4v) is 4.80. The largest absolute Gasteiger partial charge is 0.489 e. The first-order chi connectivity index (χ1) is 20.3. The Morgan fingerprint density at radius 3 is 2.40 bits per heavy atom. The highest BCUT2D eigenvalue weighted by Crippen LogP contribution is 2.50. The van der Waals surface area contributed by atoms with Gasteiger partial charge in [-0.25, -0.2) is 4.68 Å². The van der Waals surface area contributed by atoms with E-state index in [0.717, 1.165) is 16.3 Å². The molecule has 1 aliphatic heterocycles. The summed E-state index contributed by atoms with van der Waals surface area (Å²) in [4.78, 5) is 3.96. The number of ether oxygens (including phenoxy) is 1. The van der Waals surface area contributed by atoms with Crippen molar-refractivity contribution in [3.8, 4) is 35.0 Å². The van der Waals surface area contributed by atoms with Crippen LogP contribution in [0.25, 0.3) is 11.4 Å². The number of aliphatic hydroxyl groups is 1. The second-order valence-electron chi connectivity index (χ2n) is 9.59. The fraction of sp³-hybridized carbons (Fsp3) is 0.129. The molecule has 0 bridgehead atoms. The number of halogens is 3. The van der Waals surface area contributed by atoms with E-state index in [1.165, 1.54) is 30.5 Å². The van der Waals surface area contributed by atoms with Crippen LogP contribution in [0.1, 0.15) is 33.5 Å². The van der Waals surface area contributed by atoms with Crippen LogP contribution in [-0.4, -0.2) is 30.3 Å². The Labute approximate surface area is 243 Å². The van der Waals surface area contributed by atoms with Crippen LogP contribution < -0.4 is 4.74 Å². The average molecular weight is 581 g/mol. The maximum atomic E-state index is 15.9. The minimum atomic E-state index is -3.81. The summed E-state index contributed by atoms with van der Waals surface area (Å²) in [6, 6.07) is 23.1. The Balaban J connectivity index is 1.17. The third-order valence-corrected chi connectivity index (χ3v) is 7.11. The molecule has 0 spiro atoms. The van der Waals surface area contributed by atoms with Gasteiger partial charge in [0.25, 0.3) is 0 Å². The van der Waals surface area contributed by atoms with E-state index in [1.54, 1.807) is 36.4 Å². The molecule has 0 amide bonds. The highest BCUT2D eigenvalue weighted by molar-refractivity contribution is 6.30. The molecule has 0 aliphatic carbocycles. The molecule has 1 N–H and O–H groups in total. The van der Waals surface area contributed by atoms with Crippen molar-refractivity contribution in [1.29, 1.82) is 5.26 Å². The number of nitriles is 1. The van der Waals surface area contributed by atoms with Crippen LogP contribution in [0.3, 0.4) is 0 Å². The molecule has 1 unspecified atom stereocenters. The molecule has 0 saturated carbocycles. The third kappa shape index (κ3) is 4.94. The van der Waals surface area contributed by atoms with Crippen LogP contribution in [0.2, 0.25) is 5.02 Å². The predicted molar refractivity (Wildman–Crippen MR) is 148 cm³/mol. The summed E-state index contributed by atoms with van der Waals surface area (Å²) in [6.45, 7) is -0.224. The van der Waals surface area contributed by atoms with Crippen molar-refractivity contribution in [3.63, 3.8) is 0 Å². The Hall–Kier alpha value is -5.16. The highest BCUT2D eigenvalue weighted by atomic mass is 35.5. The fourth-order valence-electron chi connectivity index (χ4n) is 4.62. The Morgan fingerprint density at radius 1 is 0.976 bits per heavy atom. The van der Waals surface area contributed by atoms with Crippen LogP contribution >= 0.6 is 11.6 Å². The zero-order valence-corrected chi connectivity index (χ0v) is 22.4. The van der Waals surface area contributed by atoms with Gasteiger partial charge in [0.1, 0.15) is 18.1 Å². The van der Waals surface area contributed by atoms with Crippen molar-refractivity contribution in [2.75, 3.05) is 0 Å². The summed E-state index contributed by atoms with van der Waals surface area (Å²) in [5.41, 5.74) is -0.508. The van der Waals surface area contributed by atoms with Gasteiger partial charge in [-0.1, -0.05) is 41.6 Å². The van der Waals surface area contributed by atoms with E-state index in [9.17, 15) is 5.11 Å². The number of nitrogens with zero attached hydrogens (tertiary/aromatic N) is 6. The molecule has 3 aromatic carbocycles. The predicted octanol–water partition coefficient (Wildman–Crippen LogP) is 5.23. The van der Waals surface area contributed by atoms with Gasteiger partial charge < -0.3 is 9.84 Å². The molecule has 5 aromatic rings. The minimum absolute atomic E-state index is 0.0470. The van der Waals surface area contributed by atoms with Crippen LogP contribution in [0, 0.1) is 23.2 Å². The van der Waals surface area contributed by atoms with Gasteiger partial charge in [0.05, 0.1) is 18.2 Å². The number of tetrazole rings is 1. The molecule has 1 atom stereocenters. The van der Waals surface area contributed by atoms with Crippen molar-refractivity contribution in [2.45, 2.75) is 24.7 Å². The second kappa shape index (κ2) is 10.7. The summed E-state index contributed by atoms with van der Waals surface area (Å²) >= 11 is 6.09. The number of hydrogen-bond acceptors (Lipinski definition) is 7. The smallest absolute Gasteiger partial charge is 0.323 e. The first-order valence-electron chi connectivity index (χ1n) is 12.6. The highest BCUT2D eigenvalue weighted by Gasteiger charge is 2.59. The molecule has 3 heterocycles. The number of rotatable bonds is 5. The first kappa shape index (κ1) is 27.0. The molecule has 11 heteroatoms. The van der Waals surface area contributed by atoms with Gasteiger partial charge in [-0.15, -0.1) is 5.10 Å². The van der Waals surface area contributed by atoms with E-state index in [2.05, 4.69) is 38.4 Å². The van der Waals surface area contributed by atoms with Gasteiger partial charge in [0.2, 0.25) is 0 Å². The number of alkyl halides is 2. The van der Waals surface area contributed by atoms with Gasteiger partial charge in [-0.05, 0) is 76.7 Å². The molecular weight excluding hydrogens is 562 g/mol. The summed E-state index contributed by atoms with van der Waals surface area (Å²) in [7, 11) is 0. The zero-order chi connectivity index (χ0) is 29.3. The molecule has 8 nitrogen and oxygen atoms in total. The molecular formula is C31H19ClF2N6O2. The number of benzene rings is 3. The van der Waals surface area contributed by atoms with E-state index in [1.807, 2.05) is 12.1 Å². The Morgan fingerprint density at radius 2 is 1.69 bits per heavy atom. The second-order valence-corrected chi connectivity index (χ2v) is 10.0. The number of pyridine rings is 1. The topological polar surface area (TPSA) is 110 Å². The molecule has 2 aromatic heterocycles. The van der Waals surface area contributed by atoms with Crippen molar-refractivity contribution >= 4 is 11.6 Å². The van der Waals surface area contributed by atoms with E-state index in [0.29, 0.717) is 34.1 Å². The van der Waals surface area contributed by atoms with Crippen molar-refractivity contribution in [1.82, 2.24) is 25.2 Å². The Kier molecular flexibility index (Phi) is 6.87. The normalized spacial score (nSPS) is 15.5. The van der Waals surface area contributed by atoms with Gasteiger partial charge in [0, 0.05) is 33.5 Å². The molecule has 6 rings (SSSR count). The van der Waals surface area contributed by atoms with Crippen molar-refractivity contribution in [2.24, 2.45) is 0 Å². The van der Waals surface area contributed by atoms with Gasteiger partial charge in [0.15, 0.2) is 11.4 Å². The molecule has 1 aliphatic rings. The van der Waals surface area contributed by atoms with Gasteiger partial charge >= 0.3 is 5.92 Å². The van der Waals surface area contributed by atoms with E-state index < -0.39 is 23.8 Å². The van der Waals surface area contributed by atoms with Crippen LogP contribution in [0.4, 0.5) is 8.78 Å². The number of aromatic nitrogens is 5. The van der Waals surface area contributed by atoms with E-state index >= 15 is 8.78 Å². The summed E-state index contributed by atoms with van der Waals surface area (Å²) in [6.07, 6.45) is 1.24. The van der Waals surface area contributed by atoms with Crippen molar-refractivity contribution < 1.29 is 18.6 Å². The first-order valence-corrected chi connectivity index (χ1v) is 13.0. The quantitative estimate of drug-likeness (QED) is 0.283. The third-order valence-electron chi connectivity index (χ3n) is 6.88. The molecule has 0 radical (unpaired) electrons. The molecule has 0 fully saturated rings. The van der Waals surface area contributed by atoms with E-state index in [-0.39, 0.29) is 17.0 Å². The maximum absolute atomic E-state index is 15.9. The monoisotopic (exact) mass is 580 g/mol. The lowest BCUT2D eigenvalue weighted by molar-refractivity contribution is -0.207. The lowest BCUT2D eigenvalue weighted by atomic mass is 9.80. The SMILES string of the molecule is N#Cc1ccc(COc2ccc(C#Cc3ccc(C(F)(F)C4(O)Cn5nnnc5-c5cc(Cl)ccc54)nc3)cc2)cc1. The lowest BCUT2D eigenvalue weighted by Crippen LogP contribution is -2.49. The van der Waals surface area contributed by atoms with Crippen LogP contribution in [0.15, 0.2) is 85.1 Å². The standard InChI is InChI=1S/C31H19ClF2N6O2/c32-24-10-13-27-26(15-24)29-37-38-39-40(29)19-30(27,41)31(33,34)28-14-9-22(17-36-28)4-1-20-7-11-25(12-8-20)42-18-23-5-2-21(16-35)3-6-23/h2-3,5-15,17,41H,18-19H2. The van der Waals surface area contributed by atoms with Crippen molar-refractivity contribution in [3.05, 3.63) is 124 Å². The number of hydrogen-bond donors (Lipinski definition) is 1. The summed E-state index contributed by atoms with van der Waals surface area (Å²) < 4.78 is 38.8. The molecule has 206 valence electrons. The average Bonchev–Trinajstić information content (AvgIpc) is 3.48. The zero-order valence-electron chi connectivity index (χ0n) is 21.7. The lowest BCUT2D eigenvalue weighted by Gasteiger charge is -2.39. The molecule has 0 saturated heterocycles. The minimum Gasteiger partial charge on any atom is -0.489 e. The summed E-state index contributed by atoms with van der Waals surface area (Å²) in [5.74, 6) is 2.97. The van der Waals surface area contributed by atoms with Gasteiger partial charge in [-0.2, -0.15) is 14.0 Å². The van der Waals surface area contributed by atoms with Crippen LogP contribution in [0.5, 0.6) is 5.75 Å². The Bertz CT molecular complexity index is 1870. The van der Waals surface area contributed by atoms with Gasteiger partial charge in [-0.3, -0.25) is 4.98 Å². The van der Waals surface area contributed by atoms with Crippen LogP contribution in [-0.2, 0) is 24.7 Å². The summed E-state index contributed by atoms with van der Waals surface area (Å²) in [5, 5.41) is 31.8. The number of fused-ring (bicyclic) bond motifs is 3. The maximum Gasteiger partial charge on any atom is 0.323 e.